The van der Waals surface area contributed by atoms with Gasteiger partial charge in [-0.05, 0) is 73.9 Å². The number of hydrogen-bond donors (Lipinski definition) is 0. The van der Waals surface area contributed by atoms with Gasteiger partial charge in [-0.1, -0.05) is 58.6 Å². The van der Waals surface area contributed by atoms with Crippen molar-refractivity contribution in [3.8, 4) is 29.0 Å². The number of carbonyl (C=O) groups is 2. The van der Waals surface area contributed by atoms with E-state index in [1.54, 1.807) is 26.0 Å². The molecule has 1 aromatic heterocycles. The molecule has 0 bridgehead atoms. The van der Waals surface area contributed by atoms with E-state index >= 15 is 0 Å². The lowest BCUT2D eigenvalue weighted by Crippen LogP contribution is -2.23. The van der Waals surface area contributed by atoms with Crippen molar-refractivity contribution in [3.05, 3.63) is 82.5 Å². The van der Waals surface area contributed by atoms with E-state index in [2.05, 4.69) is 19.9 Å². The molecule has 1 unspecified atom stereocenters. The number of alkyl halides is 2. The smallest absolute Gasteiger partial charge is 0.254 e. The molecule has 10 heteroatoms. The van der Waals surface area contributed by atoms with Gasteiger partial charge in [-0.15, -0.1) is 0 Å². The Morgan fingerprint density at radius 1 is 0.940 bits per heavy atom. The molecule has 1 atom stereocenters. The molecule has 0 N–H and O–H groups in total. The van der Waals surface area contributed by atoms with Crippen LogP contribution in [0.25, 0.3) is 16.6 Å². The van der Waals surface area contributed by atoms with Gasteiger partial charge in [0.2, 0.25) is 0 Å². The van der Waals surface area contributed by atoms with Crippen molar-refractivity contribution in [2.45, 2.75) is 79.1 Å². The summed E-state index contributed by atoms with van der Waals surface area (Å²) in [7, 11) is 0. The summed E-state index contributed by atoms with van der Waals surface area (Å²) in [4.78, 5) is 24.6. The monoisotopic (exact) mass is 706 g/mol. The molecule has 0 radical (unpaired) electrons. The molecular weight excluding hydrogens is 662 g/mol. The minimum atomic E-state index is -3.14. The summed E-state index contributed by atoms with van der Waals surface area (Å²) in [5.74, 6) is -2.37. The standard InChI is InChI=1S/C40H45ClF2N2O5/c1-6-8-9-28(7-2)25-50-32-11-13-37-29(21-32)14-17-45(37)31-20-30(24-44)39(36(41)22-31)49-19-16-40(42,43)15-18-48-33-10-12-34(38(47)26(3)4)35(23-33)27(5)46/h10-14,17,20-23,26,28H,6-9,15-16,18-19,25H2,1-5H3. The summed E-state index contributed by atoms with van der Waals surface area (Å²) in [6.45, 7) is 9.16. The molecule has 0 saturated heterocycles. The van der Waals surface area contributed by atoms with Crippen LogP contribution in [0.3, 0.4) is 0 Å². The zero-order valence-corrected chi connectivity index (χ0v) is 30.1. The first kappa shape index (κ1) is 38.4. The van der Waals surface area contributed by atoms with Crippen molar-refractivity contribution in [2.75, 3.05) is 19.8 Å². The average molecular weight is 707 g/mol. The van der Waals surface area contributed by atoms with E-state index in [1.807, 2.05) is 35.0 Å². The third-order valence-corrected chi connectivity index (χ3v) is 9.01. The van der Waals surface area contributed by atoms with E-state index in [4.69, 9.17) is 25.8 Å². The van der Waals surface area contributed by atoms with Crippen LogP contribution in [0.5, 0.6) is 17.2 Å². The van der Waals surface area contributed by atoms with E-state index in [1.165, 1.54) is 38.0 Å². The summed E-state index contributed by atoms with van der Waals surface area (Å²) < 4.78 is 48.7. The molecule has 50 heavy (non-hydrogen) atoms. The summed E-state index contributed by atoms with van der Waals surface area (Å²) in [6.07, 6.45) is 5.21. The number of halogens is 3. The molecule has 0 spiro atoms. The van der Waals surface area contributed by atoms with Gasteiger partial charge in [-0.3, -0.25) is 9.59 Å². The van der Waals surface area contributed by atoms with Gasteiger partial charge in [0.15, 0.2) is 17.3 Å². The Labute approximate surface area is 298 Å². The summed E-state index contributed by atoms with van der Waals surface area (Å²) >= 11 is 6.55. The number of Topliss-reactive ketones (excluding diaryl/α,β-unsaturated/α-hetero) is 2. The van der Waals surface area contributed by atoms with Crippen LogP contribution in [0.1, 0.15) is 99.4 Å². The zero-order valence-electron chi connectivity index (χ0n) is 29.4. The molecule has 1 heterocycles. The van der Waals surface area contributed by atoms with E-state index in [-0.39, 0.29) is 63.9 Å². The lowest BCUT2D eigenvalue weighted by Gasteiger charge is -2.18. The molecule has 0 aliphatic carbocycles. The van der Waals surface area contributed by atoms with E-state index < -0.39 is 18.8 Å². The van der Waals surface area contributed by atoms with Crippen LogP contribution in [0.2, 0.25) is 5.02 Å². The fraction of sp³-hybridized carbons (Fsp3) is 0.425. The van der Waals surface area contributed by atoms with Crippen molar-refractivity contribution in [1.29, 1.82) is 5.26 Å². The van der Waals surface area contributed by atoms with Crippen LogP contribution < -0.4 is 14.2 Å². The van der Waals surface area contributed by atoms with Crippen LogP contribution in [-0.4, -0.2) is 41.9 Å². The van der Waals surface area contributed by atoms with E-state index in [0.717, 1.165) is 29.5 Å². The molecule has 4 aromatic rings. The highest BCUT2D eigenvalue weighted by Gasteiger charge is 2.29. The van der Waals surface area contributed by atoms with Crippen molar-refractivity contribution < 1.29 is 32.6 Å². The van der Waals surface area contributed by atoms with Gasteiger partial charge in [-0.2, -0.15) is 5.26 Å². The molecule has 0 fully saturated rings. The first-order chi connectivity index (χ1) is 23.9. The number of nitrogens with zero attached hydrogens (tertiary/aromatic N) is 2. The van der Waals surface area contributed by atoms with Crippen molar-refractivity contribution >= 4 is 34.1 Å². The number of benzene rings is 3. The molecule has 266 valence electrons. The topological polar surface area (TPSA) is 90.6 Å². The summed E-state index contributed by atoms with van der Waals surface area (Å²) in [6, 6.07) is 17.6. The van der Waals surface area contributed by atoms with Crippen LogP contribution in [-0.2, 0) is 0 Å². The number of hydrogen-bond acceptors (Lipinski definition) is 6. The van der Waals surface area contributed by atoms with Crippen molar-refractivity contribution in [1.82, 2.24) is 4.57 Å². The normalized spacial score (nSPS) is 12.2. The molecule has 7 nitrogen and oxygen atoms in total. The van der Waals surface area contributed by atoms with Gasteiger partial charge in [0.05, 0.1) is 35.9 Å². The van der Waals surface area contributed by atoms with Gasteiger partial charge in [0, 0.05) is 47.2 Å². The Morgan fingerprint density at radius 3 is 2.30 bits per heavy atom. The number of rotatable bonds is 19. The van der Waals surface area contributed by atoms with Crippen LogP contribution in [0, 0.1) is 23.2 Å². The Kier molecular flexibility index (Phi) is 13.4. The van der Waals surface area contributed by atoms with Gasteiger partial charge in [0.1, 0.15) is 17.6 Å². The molecule has 4 rings (SSSR count). The fourth-order valence-electron chi connectivity index (χ4n) is 5.67. The number of ketones is 2. The van der Waals surface area contributed by atoms with Crippen LogP contribution in [0.15, 0.2) is 60.8 Å². The third-order valence-electron chi connectivity index (χ3n) is 8.73. The lowest BCUT2D eigenvalue weighted by molar-refractivity contribution is -0.0355. The Morgan fingerprint density at radius 2 is 1.64 bits per heavy atom. The van der Waals surface area contributed by atoms with E-state index in [0.29, 0.717) is 18.2 Å². The maximum absolute atomic E-state index is 14.8. The molecular formula is C40H45ClF2N2O5. The number of nitriles is 1. The van der Waals surface area contributed by atoms with Crippen molar-refractivity contribution in [3.63, 3.8) is 0 Å². The summed E-state index contributed by atoms with van der Waals surface area (Å²) in [5.41, 5.74) is 2.12. The second-order valence-electron chi connectivity index (χ2n) is 12.9. The Bertz CT molecular complexity index is 1850. The predicted molar refractivity (Wildman–Crippen MR) is 193 cm³/mol. The molecule has 0 amide bonds. The molecule has 0 saturated carbocycles. The van der Waals surface area contributed by atoms with E-state index in [9.17, 15) is 23.6 Å². The number of fused-ring (bicyclic) bond motifs is 1. The van der Waals surface area contributed by atoms with Gasteiger partial charge >= 0.3 is 0 Å². The number of aromatic nitrogens is 1. The van der Waals surface area contributed by atoms with Crippen molar-refractivity contribution in [2.24, 2.45) is 11.8 Å². The Balaban J connectivity index is 1.36. The maximum Gasteiger partial charge on any atom is 0.254 e. The van der Waals surface area contributed by atoms with Gasteiger partial charge in [0.25, 0.3) is 5.92 Å². The molecule has 0 aliphatic heterocycles. The first-order valence-corrected chi connectivity index (χ1v) is 17.6. The van der Waals surface area contributed by atoms with Gasteiger partial charge < -0.3 is 18.8 Å². The maximum atomic E-state index is 14.8. The zero-order chi connectivity index (χ0) is 36.4. The Hall–Kier alpha value is -4.42. The fourth-order valence-corrected chi connectivity index (χ4v) is 5.94. The van der Waals surface area contributed by atoms with Crippen LogP contribution in [0.4, 0.5) is 8.78 Å². The number of unbranched alkanes of at least 4 members (excludes halogenated alkanes) is 1. The highest BCUT2D eigenvalue weighted by atomic mass is 35.5. The second kappa shape index (κ2) is 17.5. The largest absolute Gasteiger partial charge is 0.493 e. The summed E-state index contributed by atoms with van der Waals surface area (Å²) in [5, 5.41) is 11.0. The van der Waals surface area contributed by atoms with Gasteiger partial charge in [-0.25, -0.2) is 8.78 Å². The average Bonchev–Trinajstić information content (AvgIpc) is 3.51. The third kappa shape index (κ3) is 9.85. The lowest BCUT2D eigenvalue weighted by atomic mass is 9.94. The predicted octanol–water partition coefficient (Wildman–Crippen LogP) is 10.7. The molecule has 0 aliphatic rings. The minimum Gasteiger partial charge on any atom is -0.493 e. The SMILES string of the molecule is CCCCC(CC)COc1ccc2c(ccn2-c2cc(Cl)c(OCCC(F)(F)CCOc3ccc(C(=O)C(C)C)c(C(C)=O)c3)c(C#N)c2)c1. The highest BCUT2D eigenvalue weighted by molar-refractivity contribution is 6.32. The second-order valence-corrected chi connectivity index (χ2v) is 13.3. The number of carbonyl (C=O) groups excluding carboxylic acids is 2. The molecule has 3 aromatic carbocycles. The number of ether oxygens (including phenoxy) is 3. The minimum absolute atomic E-state index is 0.0402. The quantitative estimate of drug-likeness (QED) is 0.0902. The highest BCUT2D eigenvalue weighted by Crippen LogP contribution is 2.35. The van der Waals surface area contributed by atoms with Crippen LogP contribution >= 0.6 is 11.6 Å². The first-order valence-electron chi connectivity index (χ1n) is 17.2.